The zero-order valence-corrected chi connectivity index (χ0v) is 34.3. The van der Waals surface area contributed by atoms with E-state index >= 15 is 0 Å². The van der Waals surface area contributed by atoms with E-state index in [4.69, 9.17) is 18.6 Å². The Kier molecular flexibility index (Phi) is 15.9. The Morgan fingerprint density at radius 1 is 0.925 bits per heavy atom. The SMILES string of the molecule is C=CC[C@H]1CCC[C@@H](C(C)(C)[C@@H](O)CC(=O)C[C@@H](/C=C\[C@@H](CC)CO[Si](c2ccccc2)(c2ccccc2)C(C)(C)C)OCc2ccc(OC)cc2)O1. The Hall–Kier alpha value is -3.33. The number of carbonyl (C=O) groups is 1. The molecule has 3 aromatic carbocycles. The van der Waals surface area contributed by atoms with Crippen LogP contribution in [0.5, 0.6) is 5.75 Å². The van der Waals surface area contributed by atoms with Gasteiger partial charge in [0.1, 0.15) is 11.5 Å². The molecule has 1 N–H and O–H groups in total. The van der Waals surface area contributed by atoms with Gasteiger partial charge in [0.2, 0.25) is 0 Å². The van der Waals surface area contributed by atoms with Crippen LogP contribution >= 0.6 is 0 Å². The molecule has 0 unspecified atom stereocenters. The van der Waals surface area contributed by atoms with Crippen LogP contribution < -0.4 is 15.1 Å². The van der Waals surface area contributed by atoms with Gasteiger partial charge in [-0.1, -0.05) is 133 Å². The van der Waals surface area contributed by atoms with Crippen LogP contribution in [0.3, 0.4) is 0 Å². The summed E-state index contributed by atoms with van der Waals surface area (Å²) in [7, 11) is -1.06. The van der Waals surface area contributed by atoms with Crippen molar-refractivity contribution in [3.8, 4) is 5.75 Å². The van der Waals surface area contributed by atoms with Gasteiger partial charge in [-0.05, 0) is 71.1 Å². The highest BCUT2D eigenvalue weighted by Crippen LogP contribution is 2.39. The van der Waals surface area contributed by atoms with Crippen molar-refractivity contribution < 1.29 is 28.5 Å². The zero-order chi connectivity index (χ0) is 38.5. The highest BCUT2D eigenvalue weighted by molar-refractivity contribution is 6.99. The van der Waals surface area contributed by atoms with E-state index in [2.05, 4.69) is 101 Å². The third-order valence-electron chi connectivity index (χ3n) is 11.0. The van der Waals surface area contributed by atoms with Gasteiger partial charge in [-0.15, -0.1) is 6.58 Å². The summed E-state index contributed by atoms with van der Waals surface area (Å²) < 4.78 is 25.4. The van der Waals surface area contributed by atoms with Gasteiger partial charge in [0.05, 0.1) is 38.1 Å². The second-order valence-electron chi connectivity index (χ2n) is 16.2. The lowest BCUT2D eigenvalue weighted by Gasteiger charge is -2.43. The van der Waals surface area contributed by atoms with Crippen LogP contribution in [0, 0.1) is 11.3 Å². The number of carbonyl (C=O) groups excluding carboxylic acids is 1. The molecule has 53 heavy (non-hydrogen) atoms. The van der Waals surface area contributed by atoms with E-state index in [0.717, 1.165) is 43.4 Å². The Balaban J connectivity index is 1.52. The minimum atomic E-state index is -2.71. The van der Waals surface area contributed by atoms with Gasteiger partial charge in [-0.25, -0.2) is 0 Å². The molecule has 1 aliphatic heterocycles. The molecule has 0 aliphatic carbocycles. The highest BCUT2D eigenvalue weighted by atomic mass is 28.4. The summed E-state index contributed by atoms with van der Waals surface area (Å²) in [6.07, 6.45) is 9.56. The lowest BCUT2D eigenvalue weighted by Crippen LogP contribution is -2.66. The van der Waals surface area contributed by atoms with Gasteiger partial charge < -0.3 is 23.7 Å². The summed E-state index contributed by atoms with van der Waals surface area (Å²) >= 11 is 0. The standard InChI is InChI=1S/C46H64O6Si/c1-9-18-39-19-17-24-44(52-39)46(6,7)43(48)32-37(47)31-40(50-33-36-26-28-38(49-8)29-27-36)30-25-35(10-2)34-51-53(45(3,4)5,41-20-13-11-14-21-41)42-22-15-12-16-23-42/h9,11-16,20-23,25-30,35,39-40,43-44,48H,1,10,17-19,24,31-34H2,2-8H3/b30-25-/t35-,39+,40-,43+,44+/m1/s1. The van der Waals surface area contributed by atoms with E-state index in [1.165, 1.54) is 10.4 Å². The molecule has 0 spiro atoms. The fourth-order valence-electron chi connectivity index (χ4n) is 7.50. The lowest BCUT2D eigenvalue weighted by molar-refractivity contribution is -0.145. The first-order chi connectivity index (χ1) is 25.3. The first-order valence-electron chi connectivity index (χ1n) is 19.5. The van der Waals surface area contributed by atoms with E-state index < -0.39 is 25.9 Å². The zero-order valence-electron chi connectivity index (χ0n) is 33.3. The maximum Gasteiger partial charge on any atom is 0.261 e. The predicted octanol–water partition coefficient (Wildman–Crippen LogP) is 8.99. The maximum absolute atomic E-state index is 13.7. The molecule has 6 nitrogen and oxygen atoms in total. The van der Waals surface area contributed by atoms with E-state index in [-0.39, 0.29) is 41.8 Å². The van der Waals surface area contributed by atoms with Crippen molar-refractivity contribution in [2.24, 2.45) is 11.3 Å². The number of benzene rings is 3. The fourth-order valence-corrected chi connectivity index (χ4v) is 12.1. The number of aliphatic hydroxyl groups excluding tert-OH is 1. The minimum Gasteiger partial charge on any atom is -0.497 e. The topological polar surface area (TPSA) is 74.2 Å². The minimum absolute atomic E-state index is 0.0370. The van der Waals surface area contributed by atoms with Crippen molar-refractivity contribution in [3.05, 3.63) is 115 Å². The molecule has 1 saturated heterocycles. The van der Waals surface area contributed by atoms with Crippen molar-refractivity contribution in [1.82, 2.24) is 0 Å². The second kappa shape index (κ2) is 19.8. The van der Waals surface area contributed by atoms with E-state index in [9.17, 15) is 9.90 Å². The molecule has 0 amide bonds. The number of Topliss-reactive ketones (excluding diaryl/α,β-unsaturated/α-hetero) is 1. The number of rotatable bonds is 20. The molecule has 3 aromatic rings. The molecule has 7 heteroatoms. The van der Waals surface area contributed by atoms with Crippen LogP contribution in [0.2, 0.25) is 5.04 Å². The summed E-state index contributed by atoms with van der Waals surface area (Å²) in [6, 6.07) is 29.2. The quantitative estimate of drug-likeness (QED) is 0.0922. The smallest absolute Gasteiger partial charge is 0.261 e. The summed E-state index contributed by atoms with van der Waals surface area (Å²) in [5.41, 5.74) is 0.416. The van der Waals surface area contributed by atoms with Crippen LogP contribution in [0.25, 0.3) is 0 Å². The first kappa shape index (κ1) is 42.4. The maximum atomic E-state index is 13.7. The van der Waals surface area contributed by atoms with Gasteiger partial charge >= 0.3 is 0 Å². The third kappa shape index (κ3) is 11.3. The highest BCUT2D eigenvalue weighted by Gasteiger charge is 2.50. The average Bonchev–Trinajstić information content (AvgIpc) is 3.15. The van der Waals surface area contributed by atoms with Gasteiger partial charge in [0.15, 0.2) is 0 Å². The molecule has 1 fully saturated rings. The molecule has 0 aromatic heterocycles. The van der Waals surface area contributed by atoms with Crippen molar-refractivity contribution in [2.75, 3.05) is 13.7 Å². The Bertz CT molecular complexity index is 1520. The first-order valence-corrected chi connectivity index (χ1v) is 21.4. The third-order valence-corrected chi connectivity index (χ3v) is 16.0. The largest absolute Gasteiger partial charge is 0.497 e. The Labute approximate surface area is 320 Å². The summed E-state index contributed by atoms with van der Waals surface area (Å²) in [5, 5.41) is 13.8. The second-order valence-corrected chi connectivity index (χ2v) is 20.5. The van der Waals surface area contributed by atoms with Gasteiger partial charge in [-0.2, -0.15) is 0 Å². The van der Waals surface area contributed by atoms with Gasteiger partial charge in [0.25, 0.3) is 8.32 Å². The molecule has 1 heterocycles. The number of ether oxygens (including phenoxy) is 3. The molecular formula is C46H64O6Si. The van der Waals surface area contributed by atoms with Gasteiger partial charge in [-0.3, -0.25) is 4.79 Å². The monoisotopic (exact) mass is 740 g/mol. The summed E-state index contributed by atoms with van der Waals surface area (Å²) in [6.45, 7) is 17.8. The molecule has 0 bridgehead atoms. The Morgan fingerprint density at radius 3 is 2.09 bits per heavy atom. The van der Waals surface area contributed by atoms with Crippen LogP contribution in [0.4, 0.5) is 0 Å². The number of hydrogen-bond acceptors (Lipinski definition) is 6. The van der Waals surface area contributed by atoms with Crippen LogP contribution in [0.1, 0.15) is 92.1 Å². The number of aliphatic hydroxyl groups is 1. The van der Waals surface area contributed by atoms with Crippen molar-refractivity contribution in [3.63, 3.8) is 0 Å². The molecular weight excluding hydrogens is 677 g/mol. The van der Waals surface area contributed by atoms with Crippen molar-refractivity contribution in [2.45, 2.75) is 123 Å². The van der Waals surface area contributed by atoms with Crippen molar-refractivity contribution in [1.29, 1.82) is 0 Å². The molecule has 288 valence electrons. The van der Waals surface area contributed by atoms with Crippen LogP contribution in [-0.4, -0.2) is 57.3 Å². The number of hydrogen-bond donors (Lipinski definition) is 1. The van der Waals surface area contributed by atoms with Gasteiger partial charge in [0, 0.05) is 24.9 Å². The van der Waals surface area contributed by atoms with E-state index in [1.807, 2.05) is 50.3 Å². The van der Waals surface area contributed by atoms with E-state index in [0.29, 0.717) is 13.2 Å². The molecule has 5 atom stereocenters. The Morgan fingerprint density at radius 2 is 1.55 bits per heavy atom. The number of methoxy groups -OCH3 is 1. The van der Waals surface area contributed by atoms with Crippen molar-refractivity contribution >= 4 is 24.5 Å². The molecule has 1 aliphatic rings. The van der Waals surface area contributed by atoms with E-state index in [1.54, 1.807) is 7.11 Å². The predicted molar refractivity (Wildman–Crippen MR) is 219 cm³/mol. The normalized spacial score (nSPS) is 18.7. The van der Waals surface area contributed by atoms with Crippen LogP contribution in [0.15, 0.2) is 110 Å². The fraction of sp³-hybridized carbons (Fsp3) is 0.500. The molecule has 0 saturated carbocycles. The van der Waals surface area contributed by atoms with Crippen LogP contribution in [-0.2, 0) is 25.3 Å². The number of ketones is 1. The average molecular weight is 741 g/mol. The summed E-state index contributed by atoms with van der Waals surface area (Å²) in [4.78, 5) is 13.7. The molecule has 4 rings (SSSR count). The summed E-state index contributed by atoms with van der Waals surface area (Å²) in [5.74, 6) is 0.849. The lowest BCUT2D eigenvalue weighted by atomic mass is 9.75. The molecule has 0 radical (unpaired) electrons.